The molecule has 8 nitrogen and oxygen atoms in total. The molecule has 0 aromatic heterocycles. The van der Waals surface area contributed by atoms with E-state index in [9.17, 15) is 27.9 Å². The Kier molecular flexibility index (Phi) is 12.8. The smallest absolute Gasteiger partial charge is 0.392 e. The molecule has 2 amide bonds. The van der Waals surface area contributed by atoms with Crippen LogP contribution < -0.4 is 5.32 Å². The highest BCUT2D eigenvalue weighted by molar-refractivity contribution is 5.90. The Morgan fingerprint density at radius 2 is 1.37 bits per heavy atom. The van der Waals surface area contributed by atoms with Crippen LogP contribution in [0.4, 0.5) is 13.2 Å². The lowest BCUT2D eigenvalue weighted by Crippen LogP contribution is -2.50. The number of aliphatic hydroxyl groups is 1. The number of halogens is 3. The van der Waals surface area contributed by atoms with Gasteiger partial charge in [-0.1, -0.05) is 121 Å². The van der Waals surface area contributed by atoms with Crippen molar-refractivity contribution in [2.24, 2.45) is 0 Å². The number of aliphatic hydroxyl groups excluding tert-OH is 1. The number of nitrogens with zero attached hydrogens (tertiary/aromatic N) is 2. The van der Waals surface area contributed by atoms with Crippen molar-refractivity contribution in [1.82, 2.24) is 15.1 Å². The summed E-state index contributed by atoms with van der Waals surface area (Å²) in [5.41, 5.74) is 7.59. The number of ether oxygens (including phenoxy) is 2. The summed E-state index contributed by atoms with van der Waals surface area (Å²) in [5.74, 6) is -2.59. The Balaban J connectivity index is 1.09. The summed E-state index contributed by atoms with van der Waals surface area (Å²) in [6.45, 7) is 2.09. The molecule has 0 bridgehead atoms. The van der Waals surface area contributed by atoms with E-state index in [-0.39, 0.29) is 38.3 Å². The first-order chi connectivity index (χ1) is 27.6. The largest absolute Gasteiger partial charge is 0.471 e. The molecule has 2 aliphatic heterocycles. The molecule has 7 rings (SSSR count). The minimum absolute atomic E-state index is 0.0451. The molecule has 296 valence electrons. The Morgan fingerprint density at radius 1 is 0.737 bits per heavy atom. The molecule has 2 heterocycles. The average molecular weight is 778 g/mol. The SMILES string of the molecule is O=C(NCc1cccc(-c2cccc([C@@H]3O[C@H](CN(Cc4ccccc4)Cc4ccccc4)C[C@H](c4ccc(CO)cc4)O3)c2)c1)[C@@H]1CCCN1C(=O)C(F)(F)F. The number of nitrogens with one attached hydrogen (secondary N) is 1. The van der Waals surface area contributed by atoms with Crippen LogP contribution in [-0.4, -0.2) is 58.1 Å². The molecule has 5 aromatic rings. The van der Waals surface area contributed by atoms with Crippen molar-refractivity contribution >= 4 is 11.8 Å². The fourth-order valence-electron chi connectivity index (χ4n) is 7.67. The second-order valence-corrected chi connectivity index (χ2v) is 14.7. The number of carbonyl (C=O) groups is 2. The van der Waals surface area contributed by atoms with Crippen molar-refractivity contribution in [3.8, 4) is 11.1 Å². The summed E-state index contributed by atoms with van der Waals surface area (Å²) in [7, 11) is 0. The number of hydrogen-bond acceptors (Lipinski definition) is 6. The van der Waals surface area contributed by atoms with E-state index in [2.05, 4.69) is 58.7 Å². The van der Waals surface area contributed by atoms with Gasteiger partial charge in [-0.25, -0.2) is 0 Å². The summed E-state index contributed by atoms with van der Waals surface area (Å²) < 4.78 is 52.9. The van der Waals surface area contributed by atoms with Crippen molar-refractivity contribution in [2.45, 2.75) is 76.2 Å². The van der Waals surface area contributed by atoms with Crippen molar-refractivity contribution in [1.29, 1.82) is 0 Å². The summed E-state index contributed by atoms with van der Waals surface area (Å²) in [6, 6.07) is 43.0. The van der Waals surface area contributed by atoms with Gasteiger partial charge in [0.2, 0.25) is 5.91 Å². The summed E-state index contributed by atoms with van der Waals surface area (Å²) in [6.07, 6.45) is -5.02. The lowest BCUT2D eigenvalue weighted by Gasteiger charge is -2.38. The standard InChI is InChI=1S/C46H46F3N3O5/c47-46(48,49)45(55)52-23-9-18-41(52)43(54)50-27-35-14-7-15-37(24-35)38-16-8-17-39(25-38)44-56-40(26-42(57-44)36-21-19-34(31-53)20-22-36)30-51(28-32-10-3-1-4-11-32)29-33-12-5-2-6-13-33/h1-8,10-17,19-22,24-25,40-42,44,53H,9,18,23,26-31H2,(H,50,54)/t40-,41-,42+,44+/m0/s1. The van der Waals surface area contributed by atoms with Gasteiger partial charge in [0.05, 0.1) is 18.8 Å². The second-order valence-electron chi connectivity index (χ2n) is 14.7. The van der Waals surface area contributed by atoms with Crippen molar-refractivity contribution in [3.63, 3.8) is 0 Å². The van der Waals surface area contributed by atoms with Crippen LogP contribution in [0.5, 0.6) is 0 Å². The highest BCUT2D eigenvalue weighted by Gasteiger charge is 2.47. The molecule has 5 aromatic carbocycles. The molecule has 0 aliphatic carbocycles. The molecule has 2 N–H and O–H groups in total. The number of carbonyl (C=O) groups excluding carboxylic acids is 2. The summed E-state index contributed by atoms with van der Waals surface area (Å²) >= 11 is 0. The molecule has 0 radical (unpaired) electrons. The van der Waals surface area contributed by atoms with E-state index < -0.39 is 30.3 Å². The van der Waals surface area contributed by atoms with Crippen LogP contribution in [-0.2, 0) is 45.3 Å². The van der Waals surface area contributed by atoms with Gasteiger partial charge < -0.3 is 24.8 Å². The zero-order valence-corrected chi connectivity index (χ0v) is 31.5. The maximum absolute atomic E-state index is 13.1. The van der Waals surface area contributed by atoms with Crippen LogP contribution in [0.2, 0.25) is 0 Å². The summed E-state index contributed by atoms with van der Waals surface area (Å²) in [4.78, 5) is 27.9. The lowest BCUT2D eigenvalue weighted by atomic mass is 9.98. The van der Waals surface area contributed by atoms with E-state index in [1.807, 2.05) is 84.9 Å². The number of rotatable bonds is 13. The van der Waals surface area contributed by atoms with Gasteiger partial charge >= 0.3 is 12.1 Å². The first-order valence-corrected chi connectivity index (χ1v) is 19.3. The van der Waals surface area contributed by atoms with E-state index in [0.717, 1.165) is 46.5 Å². The lowest BCUT2D eigenvalue weighted by molar-refractivity contribution is -0.253. The highest BCUT2D eigenvalue weighted by Crippen LogP contribution is 2.39. The van der Waals surface area contributed by atoms with Gasteiger partial charge in [0, 0.05) is 44.7 Å². The van der Waals surface area contributed by atoms with Crippen LogP contribution in [0.25, 0.3) is 11.1 Å². The van der Waals surface area contributed by atoms with E-state index in [0.29, 0.717) is 24.3 Å². The third-order valence-electron chi connectivity index (χ3n) is 10.5. The van der Waals surface area contributed by atoms with Crippen LogP contribution in [0.15, 0.2) is 133 Å². The molecular formula is C46H46F3N3O5. The van der Waals surface area contributed by atoms with E-state index in [1.165, 1.54) is 11.1 Å². The molecular weight excluding hydrogens is 732 g/mol. The maximum Gasteiger partial charge on any atom is 0.471 e. The van der Waals surface area contributed by atoms with Gasteiger partial charge in [-0.05, 0) is 63.9 Å². The van der Waals surface area contributed by atoms with Crippen LogP contribution in [0.1, 0.15) is 65.0 Å². The quantitative estimate of drug-likeness (QED) is 0.125. The third-order valence-corrected chi connectivity index (χ3v) is 10.5. The van der Waals surface area contributed by atoms with Gasteiger partial charge in [0.15, 0.2) is 6.29 Å². The molecule has 4 atom stereocenters. The number of alkyl halides is 3. The van der Waals surface area contributed by atoms with Crippen molar-refractivity contribution in [2.75, 3.05) is 13.1 Å². The second kappa shape index (κ2) is 18.3. The molecule has 11 heteroatoms. The van der Waals surface area contributed by atoms with Gasteiger partial charge in [-0.2, -0.15) is 13.2 Å². The van der Waals surface area contributed by atoms with Crippen LogP contribution in [0, 0.1) is 0 Å². The van der Waals surface area contributed by atoms with E-state index in [4.69, 9.17) is 9.47 Å². The third kappa shape index (κ3) is 10.4. The number of hydrogen-bond donors (Lipinski definition) is 2. The Bertz CT molecular complexity index is 2060. The predicted molar refractivity (Wildman–Crippen MR) is 210 cm³/mol. The molecule has 0 saturated carbocycles. The molecule has 0 spiro atoms. The van der Waals surface area contributed by atoms with Gasteiger partial charge in [-0.3, -0.25) is 14.5 Å². The molecule has 2 fully saturated rings. The first kappa shape index (κ1) is 39.9. The number of likely N-dealkylation sites (tertiary alicyclic amines) is 1. The molecule has 0 unspecified atom stereocenters. The van der Waals surface area contributed by atoms with Crippen LogP contribution in [0.3, 0.4) is 0 Å². The Hall–Kier alpha value is -5.33. The molecule has 2 saturated heterocycles. The average Bonchev–Trinajstić information content (AvgIpc) is 3.73. The number of benzene rings is 5. The Labute approximate surface area is 330 Å². The van der Waals surface area contributed by atoms with Crippen LogP contribution >= 0.6 is 0 Å². The number of amides is 2. The highest BCUT2D eigenvalue weighted by atomic mass is 19.4. The monoisotopic (exact) mass is 777 g/mol. The van der Waals surface area contributed by atoms with Crippen molar-refractivity contribution in [3.05, 3.63) is 167 Å². The zero-order chi connectivity index (χ0) is 39.8. The predicted octanol–water partition coefficient (Wildman–Crippen LogP) is 8.26. The molecule has 2 aliphatic rings. The Morgan fingerprint density at radius 3 is 2.02 bits per heavy atom. The minimum Gasteiger partial charge on any atom is -0.392 e. The molecule has 57 heavy (non-hydrogen) atoms. The fourth-order valence-corrected chi connectivity index (χ4v) is 7.67. The maximum atomic E-state index is 13.1. The van der Waals surface area contributed by atoms with Crippen molar-refractivity contribution < 1.29 is 37.3 Å². The van der Waals surface area contributed by atoms with E-state index in [1.54, 1.807) is 0 Å². The van der Waals surface area contributed by atoms with Gasteiger partial charge in [-0.15, -0.1) is 0 Å². The zero-order valence-electron chi connectivity index (χ0n) is 31.5. The van der Waals surface area contributed by atoms with Gasteiger partial charge in [0.1, 0.15) is 6.04 Å². The normalized spacial score (nSPS) is 19.8. The fraction of sp³-hybridized carbons (Fsp3) is 0.304. The van der Waals surface area contributed by atoms with E-state index >= 15 is 0 Å². The first-order valence-electron chi connectivity index (χ1n) is 19.3. The topological polar surface area (TPSA) is 91.3 Å². The minimum atomic E-state index is -5.03. The summed E-state index contributed by atoms with van der Waals surface area (Å²) in [5, 5.41) is 12.4. The van der Waals surface area contributed by atoms with Gasteiger partial charge in [0.25, 0.3) is 0 Å².